The summed E-state index contributed by atoms with van der Waals surface area (Å²) in [5.74, 6) is 0.754. The molecular formula is C19H28N2O3. The molecule has 0 radical (unpaired) electrons. The molecule has 24 heavy (non-hydrogen) atoms. The molecule has 3 rings (SSSR count). The molecule has 5 heteroatoms. The van der Waals surface area contributed by atoms with Crippen molar-refractivity contribution in [3.05, 3.63) is 29.8 Å². The minimum atomic E-state index is -0.165. The quantitative estimate of drug-likeness (QED) is 0.811. The highest BCUT2D eigenvalue weighted by molar-refractivity contribution is 5.85. The van der Waals surface area contributed by atoms with Crippen molar-refractivity contribution < 1.29 is 14.3 Å². The first kappa shape index (κ1) is 17.2. The largest absolute Gasteiger partial charge is 0.492 e. The normalized spacial score (nSPS) is 26.7. The Labute approximate surface area is 144 Å². The third-order valence-corrected chi connectivity index (χ3v) is 4.71. The molecular weight excluding hydrogens is 304 g/mol. The van der Waals surface area contributed by atoms with Crippen LogP contribution in [0.15, 0.2) is 24.3 Å². The number of nitrogens with one attached hydrogen (secondary N) is 1. The summed E-state index contributed by atoms with van der Waals surface area (Å²) < 4.78 is 11.3. The number of fused-ring (bicyclic) bond motifs is 1. The molecule has 0 bridgehead atoms. The lowest BCUT2D eigenvalue weighted by atomic mass is 10.0. The summed E-state index contributed by atoms with van der Waals surface area (Å²) in [6, 6.07) is 7.80. The van der Waals surface area contributed by atoms with Crippen LogP contribution in [0.4, 0.5) is 0 Å². The maximum absolute atomic E-state index is 12.3. The van der Waals surface area contributed by atoms with E-state index in [0.717, 1.165) is 50.3 Å². The van der Waals surface area contributed by atoms with Gasteiger partial charge in [0.25, 0.3) is 0 Å². The summed E-state index contributed by atoms with van der Waals surface area (Å²) in [4.78, 5) is 14.8. The second kappa shape index (κ2) is 7.99. The van der Waals surface area contributed by atoms with Crippen LogP contribution in [0.3, 0.4) is 0 Å². The van der Waals surface area contributed by atoms with Crippen molar-refractivity contribution in [2.45, 2.75) is 44.8 Å². The number of nitrogens with zero attached hydrogens (tertiary/aromatic N) is 1. The molecule has 2 aliphatic heterocycles. The first-order chi connectivity index (χ1) is 11.6. The molecule has 3 atom stereocenters. The Kier molecular flexibility index (Phi) is 5.74. The maximum Gasteiger partial charge on any atom is 0.231 e. The molecule has 0 aliphatic carbocycles. The van der Waals surface area contributed by atoms with Crippen LogP contribution in [0.1, 0.15) is 38.2 Å². The number of benzene rings is 1. The zero-order valence-electron chi connectivity index (χ0n) is 14.7. The smallest absolute Gasteiger partial charge is 0.231 e. The monoisotopic (exact) mass is 332 g/mol. The van der Waals surface area contributed by atoms with Gasteiger partial charge in [0.05, 0.1) is 12.2 Å². The zero-order valence-corrected chi connectivity index (χ0v) is 14.7. The fourth-order valence-electron chi connectivity index (χ4n) is 3.64. The first-order valence-corrected chi connectivity index (χ1v) is 9.00. The average Bonchev–Trinajstić information content (AvgIpc) is 2.97. The Morgan fingerprint density at radius 3 is 2.75 bits per heavy atom. The Balaban J connectivity index is 1.35. The molecule has 0 spiro atoms. The molecule has 2 aliphatic rings. The van der Waals surface area contributed by atoms with Gasteiger partial charge in [-0.2, -0.15) is 0 Å². The van der Waals surface area contributed by atoms with E-state index in [4.69, 9.17) is 9.47 Å². The summed E-state index contributed by atoms with van der Waals surface area (Å²) in [5.41, 5.74) is 1.01. The molecule has 1 amide bonds. The molecule has 0 saturated carbocycles. The molecule has 5 nitrogen and oxygen atoms in total. The van der Waals surface area contributed by atoms with Crippen LogP contribution in [0, 0.1) is 0 Å². The number of amides is 1. The van der Waals surface area contributed by atoms with Crippen molar-refractivity contribution in [3.63, 3.8) is 0 Å². The lowest BCUT2D eigenvalue weighted by molar-refractivity contribution is -0.122. The van der Waals surface area contributed by atoms with Gasteiger partial charge in [-0.05, 0) is 39.3 Å². The predicted octanol–water partition coefficient (Wildman–Crippen LogP) is 2.17. The number of para-hydroxylation sites is 1. The highest BCUT2D eigenvalue weighted by atomic mass is 16.5. The number of unbranched alkanes of at least 4 members (excludes halogenated alkanes) is 1. The Hall–Kier alpha value is -1.59. The molecule has 2 heterocycles. The van der Waals surface area contributed by atoms with Crippen LogP contribution < -0.4 is 10.1 Å². The SMILES string of the molecule is C[C@@H]1CN(CCCCNC(=O)[C@H]2COc3ccccc32)C[C@H](C)O1. The standard InChI is InChI=1S/C19H28N2O3/c1-14-11-21(12-15(2)24-14)10-6-5-9-20-19(22)17-13-23-18-8-4-3-7-16(17)18/h3-4,7-8,14-15,17H,5-6,9-13H2,1-2H3,(H,20,22)/t14-,15+,17-/m0/s1. The fourth-order valence-corrected chi connectivity index (χ4v) is 3.64. The molecule has 1 saturated heterocycles. The third-order valence-electron chi connectivity index (χ3n) is 4.71. The zero-order chi connectivity index (χ0) is 16.9. The minimum Gasteiger partial charge on any atom is -0.492 e. The average molecular weight is 332 g/mol. The van der Waals surface area contributed by atoms with Crippen LogP contribution >= 0.6 is 0 Å². The van der Waals surface area contributed by atoms with Gasteiger partial charge in [-0.1, -0.05) is 18.2 Å². The lowest BCUT2D eigenvalue weighted by Crippen LogP contribution is -2.45. The number of carbonyl (C=O) groups is 1. The lowest BCUT2D eigenvalue weighted by Gasteiger charge is -2.35. The second-order valence-corrected chi connectivity index (χ2v) is 6.92. The Morgan fingerprint density at radius 1 is 1.21 bits per heavy atom. The van der Waals surface area contributed by atoms with Crippen LogP contribution in [0.2, 0.25) is 0 Å². The molecule has 1 aromatic rings. The van der Waals surface area contributed by atoms with E-state index in [1.165, 1.54) is 0 Å². The van der Waals surface area contributed by atoms with E-state index >= 15 is 0 Å². The number of morpholine rings is 1. The highest BCUT2D eigenvalue weighted by Gasteiger charge is 2.29. The Morgan fingerprint density at radius 2 is 1.96 bits per heavy atom. The molecule has 0 unspecified atom stereocenters. The number of hydrogen-bond acceptors (Lipinski definition) is 4. The van der Waals surface area contributed by atoms with E-state index in [9.17, 15) is 4.79 Å². The second-order valence-electron chi connectivity index (χ2n) is 6.92. The highest BCUT2D eigenvalue weighted by Crippen LogP contribution is 2.33. The fraction of sp³-hybridized carbons (Fsp3) is 0.632. The first-order valence-electron chi connectivity index (χ1n) is 9.00. The van der Waals surface area contributed by atoms with E-state index in [1.807, 2.05) is 24.3 Å². The van der Waals surface area contributed by atoms with Crippen LogP contribution in [0.5, 0.6) is 5.75 Å². The van der Waals surface area contributed by atoms with Gasteiger partial charge in [0, 0.05) is 25.2 Å². The van der Waals surface area contributed by atoms with Gasteiger partial charge in [-0.15, -0.1) is 0 Å². The summed E-state index contributed by atoms with van der Waals surface area (Å²) >= 11 is 0. The van der Waals surface area contributed by atoms with Crippen molar-refractivity contribution in [3.8, 4) is 5.75 Å². The summed E-state index contributed by atoms with van der Waals surface area (Å²) in [5, 5.41) is 3.06. The molecule has 1 fully saturated rings. The van der Waals surface area contributed by atoms with E-state index < -0.39 is 0 Å². The van der Waals surface area contributed by atoms with Crippen molar-refractivity contribution in [1.29, 1.82) is 0 Å². The van der Waals surface area contributed by atoms with Gasteiger partial charge in [-0.25, -0.2) is 0 Å². The molecule has 1 N–H and O–H groups in total. The van der Waals surface area contributed by atoms with Crippen molar-refractivity contribution in [2.75, 3.05) is 32.8 Å². The molecule has 0 aromatic heterocycles. The maximum atomic E-state index is 12.3. The van der Waals surface area contributed by atoms with Gasteiger partial charge in [0.1, 0.15) is 18.3 Å². The van der Waals surface area contributed by atoms with Gasteiger partial charge in [-0.3, -0.25) is 9.69 Å². The van der Waals surface area contributed by atoms with Gasteiger partial charge in [0.15, 0.2) is 0 Å². The summed E-state index contributed by atoms with van der Waals surface area (Å²) in [6.07, 6.45) is 2.73. The van der Waals surface area contributed by atoms with Gasteiger partial charge in [0.2, 0.25) is 5.91 Å². The van der Waals surface area contributed by atoms with Crippen LogP contribution in [-0.2, 0) is 9.53 Å². The minimum absolute atomic E-state index is 0.0774. The topological polar surface area (TPSA) is 50.8 Å². The number of ether oxygens (including phenoxy) is 2. The molecule has 1 aromatic carbocycles. The van der Waals surface area contributed by atoms with Crippen molar-refractivity contribution in [2.24, 2.45) is 0 Å². The summed E-state index contributed by atoms with van der Waals surface area (Å²) in [6.45, 7) is 8.53. The molecule has 132 valence electrons. The van der Waals surface area contributed by atoms with Crippen molar-refractivity contribution in [1.82, 2.24) is 10.2 Å². The summed E-state index contributed by atoms with van der Waals surface area (Å²) in [7, 11) is 0. The van der Waals surface area contributed by atoms with E-state index in [2.05, 4.69) is 24.1 Å². The van der Waals surface area contributed by atoms with Crippen LogP contribution in [-0.4, -0.2) is 55.8 Å². The third kappa shape index (κ3) is 4.28. The van der Waals surface area contributed by atoms with E-state index in [-0.39, 0.29) is 11.8 Å². The number of hydrogen-bond donors (Lipinski definition) is 1. The predicted molar refractivity (Wildman–Crippen MR) is 93.4 cm³/mol. The van der Waals surface area contributed by atoms with Gasteiger partial charge >= 0.3 is 0 Å². The number of carbonyl (C=O) groups excluding carboxylic acids is 1. The van der Waals surface area contributed by atoms with Gasteiger partial charge < -0.3 is 14.8 Å². The van der Waals surface area contributed by atoms with Crippen LogP contribution in [0.25, 0.3) is 0 Å². The Bertz CT molecular complexity index is 553. The van der Waals surface area contributed by atoms with Crippen molar-refractivity contribution >= 4 is 5.91 Å². The van der Waals surface area contributed by atoms with E-state index in [0.29, 0.717) is 18.8 Å². The van der Waals surface area contributed by atoms with E-state index in [1.54, 1.807) is 0 Å². The number of rotatable bonds is 6.